The lowest BCUT2D eigenvalue weighted by molar-refractivity contribution is -0.149. The van der Waals surface area contributed by atoms with Crippen molar-refractivity contribution in [1.29, 1.82) is 0 Å². The maximum Gasteiger partial charge on any atom is 0.344 e. The quantitative estimate of drug-likeness (QED) is 0.275. The van der Waals surface area contributed by atoms with Crippen LogP contribution in [0, 0.1) is 0 Å². The molecule has 2 aromatic carbocycles. The van der Waals surface area contributed by atoms with E-state index in [1.807, 2.05) is 13.0 Å². The minimum atomic E-state index is -0.517. The fraction of sp³-hybridized carbons (Fsp3) is 0.333. The van der Waals surface area contributed by atoms with Gasteiger partial charge >= 0.3 is 5.97 Å². The molecule has 3 aromatic rings. The molecule has 1 heterocycles. The predicted octanol–water partition coefficient (Wildman–Crippen LogP) is 4.99. The van der Waals surface area contributed by atoms with E-state index in [-0.39, 0.29) is 29.0 Å². The Labute approximate surface area is 210 Å². The Kier molecular flexibility index (Phi) is 8.68. The first kappa shape index (κ1) is 25.7. The first-order valence-electron chi connectivity index (χ1n) is 10.7. The zero-order valence-electron chi connectivity index (χ0n) is 19.3. The highest BCUT2D eigenvalue weighted by Crippen LogP contribution is 2.36. The Hall–Kier alpha value is -2.91. The molecule has 0 aliphatic heterocycles. The summed E-state index contributed by atoms with van der Waals surface area (Å²) in [5.74, 6) is 0.563. The number of methoxy groups -OCH3 is 1. The van der Waals surface area contributed by atoms with Crippen LogP contribution in [0.1, 0.15) is 38.6 Å². The number of hydrogen-bond acceptors (Lipinski definition) is 7. The Morgan fingerprint density at radius 1 is 1.29 bits per heavy atom. The van der Waals surface area contributed by atoms with Gasteiger partial charge in [0.2, 0.25) is 0 Å². The summed E-state index contributed by atoms with van der Waals surface area (Å²) in [7, 11) is 1.46. The first-order valence-corrected chi connectivity index (χ1v) is 11.9. The number of ether oxygens (including phenoxy) is 3. The molecule has 0 spiro atoms. The summed E-state index contributed by atoms with van der Waals surface area (Å²) in [5.41, 5.74) is 0.917. The van der Waals surface area contributed by atoms with Crippen molar-refractivity contribution < 1.29 is 19.0 Å². The van der Waals surface area contributed by atoms with Crippen molar-refractivity contribution in [3.63, 3.8) is 0 Å². The van der Waals surface area contributed by atoms with Gasteiger partial charge in [0.1, 0.15) is 5.82 Å². The Balaban J connectivity index is 1.95. The standard InChI is InChI=1S/C24H25BrClN3O5/c1-5-6-21-28-19-8-7-16(25)11-17(19)24(31)29(21)27-12-15-9-18(26)23(20(10-15)32-4)33-13-22(30)34-14(2)3/h7-12,14H,5-6,13H2,1-4H3. The number of halogens is 2. The minimum Gasteiger partial charge on any atom is -0.493 e. The normalized spacial score (nSPS) is 11.4. The molecule has 8 nitrogen and oxygen atoms in total. The van der Waals surface area contributed by atoms with Crippen LogP contribution in [0.15, 0.2) is 44.7 Å². The topological polar surface area (TPSA) is 92.0 Å². The smallest absolute Gasteiger partial charge is 0.344 e. The van der Waals surface area contributed by atoms with E-state index in [9.17, 15) is 9.59 Å². The van der Waals surface area contributed by atoms with Gasteiger partial charge in [-0.15, -0.1) is 0 Å². The van der Waals surface area contributed by atoms with Crippen LogP contribution >= 0.6 is 27.5 Å². The summed E-state index contributed by atoms with van der Waals surface area (Å²) in [6, 6.07) is 8.62. The van der Waals surface area contributed by atoms with E-state index >= 15 is 0 Å². The van der Waals surface area contributed by atoms with Crippen molar-refractivity contribution in [2.45, 2.75) is 39.7 Å². The molecular formula is C24H25BrClN3O5. The van der Waals surface area contributed by atoms with Crippen LogP contribution in [0.4, 0.5) is 0 Å². The Morgan fingerprint density at radius 2 is 2.06 bits per heavy atom. The molecule has 1 aromatic heterocycles. The Morgan fingerprint density at radius 3 is 2.74 bits per heavy atom. The average molecular weight is 551 g/mol. The van der Waals surface area contributed by atoms with Gasteiger partial charge in [-0.1, -0.05) is 34.5 Å². The second kappa shape index (κ2) is 11.5. The number of nitrogens with zero attached hydrogens (tertiary/aromatic N) is 3. The van der Waals surface area contributed by atoms with E-state index in [0.717, 1.165) is 10.9 Å². The largest absolute Gasteiger partial charge is 0.493 e. The highest BCUT2D eigenvalue weighted by molar-refractivity contribution is 9.10. The van der Waals surface area contributed by atoms with Gasteiger partial charge in [0.05, 0.1) is 35.4 Å². The van der Waals surface area contributed by atoms with Crippen LogP contribution in [0.3, 0.4) is 0 Å². The van der Waals surface area contributed by atoms with Crippen molar-refractivity contribution in [2.24, 2.45) is 5.10 Å². The number of esters is 1. The molecule has 0 amide bonds. The van der Waals surface area contributed by atoms with E-state index in [1.54, 1.807) is 38.1 Å². The molecule has 0 unspecified atom stereocenters. The number of fused-ring (bicyclic) bond motifs is 1. The SMILES string of the molecule is CCCc1nc2ccc(Br)cc2c(=O)n1N=Cc1cc(Cl)c(OCC(=O)OC(C)C)c(OC)c1. The number of carbonyl (C=O) groups is 1. The molecular weight excluding hydrogens is 526 g/mol. The fourth-order valence-corrected chi connectivity index (χ4v) is 3.84. The van der Waals surface area contributed by atoms with Gasteiger partial charge in [-0.05, 0) is 56.2 Å². The van der Waals surface area contributed by atoms with Gasteiger partial charge < -0.3 is 14.2 Å². The number of benzene rings is 2. The molecule has 0 saturated heterocycles. The summed E-state index contributed by atoms with van der Waals surface area (Å²) in [6.45, 7) is 5.20. The zero-order valence-corrected chi connectivity index (χ0v) is 21.6. The maximum atomic E-state index is 13.1. The molecule has 0 atom stereocenters. The van der Waals surface area contributed by atoms with Crippen molar-refractivity contribution in [2.75, 3.05) is 13.7 Å². The van der Waals surface area contributed by atoms with Crippen LogP contribution in [0.5, 0.6) is 11.5 Å². The summed E-state index contributed by atoms with van der Waals surface area (Å²) in [4.78, 5) is 29.6. The van der Waals surface area contributed by atoms with Gasteiger partial charge in [-0.25, -0.2) is 9.78 Å². The average Bonchev–Trinajstić information content (AvgIpc) is 2.78. The minimum absolute atomic E-state index is 0.211. The summed E-state index contributed by atoms with van der Waals surface area (Å²) in [5, 5.41) is 5.08. The van der Waals surface area contributed by atoms with E-state index < -0.39 is 5.97 Å². The third-order valence-electron chi connectivity index (χ3n) is 4.62. The van der Waals surface area contributed by atoms with Crippen LogP contribution in [-0.4, -0.2) is 41.7 Å². The van der Waals surface area contributed by atoms with Crippen LogP contribution in [0.25, 0.3) is 10.9 Å². The third kappa shape index (κ3) is 6.15. The molecule has 0 bridgehead atoms. The lowest BCUT2D eigenvalue weighted by atomic mass is 10.2. The number of aromatic nitrogens is 2. The second-order valence-corrected chi connectivity index (χ2v) is 8.99. The monoisotopic (exact) mass is 549 g/mol. The first-order chi connectivity index (χ1) is 16.2. The molecule has 180 valence electrons. The predicted molar refractivity (Wildman–Crippen MR) is 135 cm³/mol. The highest BCUT2D eigenvalue weighted by Gasteiger charge is 2.15. The maximum absolute atomic E-state index is 13.1. The molecule has 0 aliphatic rings. The van der Waals surface area contributed by atoms with E-state index in [1.165, 1.54) is 18.0 Å². The molecule has 3 rings (SSSR count). The van der Waals surface area contributed by atoms with Crippen molar-refractivity contribution in [3.05, 3.63) is 61.6 Å². The Bertz CT molecular complexity index is 1290. The molecule has 34 heavy (non-hydrogen) atoms. The van der Waals surface area contributed by atoms with Crippen molar-refractivity contribution in [3.8, 4) is 11.5 Å². The van der Waals surface area contributed by atoms with Gasteiger partial charge in [0.25, 0.3) is 5.56 Å². The summed E-state index contributed by atoms with van der Waals surface area (Å²) >= 11 is 9.78. The van der Waals surface area contributed by atoms with Crippen molar-refractivity contribution in [1.82, 2.24) is 9.66 Å². The second-order valence-electron chi connectivity index (χ2n) is 7.66. The number of carbonyl (C=O) groups excluding carboxylic acids is 1. The van der Waals surface area contributed by atoms with Crippen LogP contribution in [-0.2, 0) is 16.0 Å². The fourth-order valence-electron chi connectivity index (χ4n) is 3.21. The van der Waals surface area contributed by atoms with Gasteiger partial charge in [0, 0.05) is 10.9 Å². The lowest BCUT2D eigenvalue weighted by Gasteiger charge is -2.14. The van der Waals surface area contributed by atoms with Gasteiger partial charge in [-0.3, -0.25) is 4.79 Å². The molecule has 0 N–H and O–H groups in total. The third-order valence-corrected chi connectivity index (χ3v) is 5.40. The molecule has 0 fully saturated rings. The zero-order chi connectivity index (χ0) is 24.8. The molecule has 10 heteroatoms. The van der Waals surface area contributed by atoms with Gasteiger partial charge in [0.15, 0.2) is 18.1 Å². The highest BCUT2D eigenvalue weighted by atomic mass is 79.9. The van der Waals surface area contributed by atoms with Crippen LogP contribution < -0.4 is 15.0 Å². The number of rotatable bonds is 9. The van der Waals surface area contributed by atoms with E-state index in [4.69, 9.17) is 25.8 Å². The molecule has 0 saturated carbocycles. The number of aryl methyl sites for hydroxylation is 1. The lowest BCUT2D eigenvalue weighted by Crippen LogP contribution is -2.22. The number of hydrogen-bond donors (Lipinski definition) is 0. The molecule has 0 radical (unpaired) electrons. The van der Waals surface area contributed by atoms with Crippen molar-refractivity contribution >= 4 is 50.6 Å². The van der Waals surface area contributed by atoms with Crippen LogP contribution in [0.2, 0.25) is 5.02 Å². The summed E-state index contributed by atoms with van der Waals surface area (Å²) < 4.78 is 18.0. The van der Waals surface area contributed by atoms with E-state index in [2.05, 4.69) is 26.0 Å². The summed E-state index contributed by atoms with van der Waals surface area (Å²) in [6.07, 6.45) is 2.63. The van der Waals surface area contributed by atoms with Gasteiger partial charge in [-0.2, -0.15) is 9.78 Å². The van der Waals surface area contributed by atoms with E-state index in [0.29, 0.717) is 34.5 Å². The molecule has 0 aliphatic carbocycles.